The molecule has 1 heterocycles. The third kappa shape index (κ3) is 3.40. The van der Waals surface area contributed by atoms with Gasteiger partial charge in [0.1, 0.15) is 0 Å². The minimum atomic E-state index is -0.578. The van der Waals surface area contributed by atoms with Crippen LogP contribution in [0.25, 0.3) is 0 Å². The topological polar surface area (TPSA) is 105 Å². The maximum Gasteiger partial charge on any atom is 0.328 e. The van der Waals surface area contributed by atoms with Crippen LogP contribution in [0, 0.1) is 0 Å². The number of piperazine rings is 1. The van der Waals surface area contributed by atoms with Crippen molar-refractivity contribution < 1.29 is 19.2 Å². The van der Waals surface area contributed by atoms with Crippen LogP contribution in [0.1, 0.15) is 13.3 Å². The summed E-state index contributed by atoms with van der Waals surface area (Å²) < 4.78 is 0. The number of carbonyl (C=O) groups is 3. The molecule has 0 aliphatic carbocycles. The Balaban J connectivity index is 2.43. The molecule has 8 heteroatoms. The molecule has 2 amide bonds. The fourth-order valence-corrected chi connectivity index (χ4v) is 1.57. The Morgan fingerprint density at radius 1 is 1.35 bits per heavy atom. The molecule has 0 spiro atoms. The molecule has 96 valence electrons. The molecule has 0 radical (unpaired) electrons. The van der Waals surface area contributed by atoms with E-state index in [9.17, 15) is 14.4 Å². The van der Waals surface area contributed by atoms with E-state index < -0.39 is 17.8 Å². The van der Waals surface area contributed by atoms with Gasteiger partial charge in [-0.2, -0.15) is 0 Å². The lowest BCUT2D eigenvalue weighted by molar-refractivity contribution is -0.158. The monoisotopic (exact) mass is 244 g/mol. The number of nitrogens with zero attached hydrogens (tertiary/aromatic N) is 2. The zero-order valence-electron chi connectivity index (χ0n) is 9.64. The van der Waals surface area contributed by atoms with Crippen molar-refractivity contribution in [1.29, 1.82) is 0 Å². The summed E-state index contributed by atoms with van der Waals surface area (Å²) >= 11 is 0. The SMILES string of the molecule is CCN1CCN(CCC(=O)ONN)C(=O)C1=O. The number of hydrogen-bond acceptors (Lipinski definition) is 6. The van der Waals surface area contributed by atoms with Gasteiger partial charge in [0.2, 0.25) is 0 Å². The average Bonchev–Trinajstić information content (AvgIpc) is 2.31. The van der Waals surface area contributed by atoms with E-state index in [0.29, 0.717) is 19.6 Å². The van der Waals surface area contributed by atoms with E-state index in [-0.39, 0.29) is 13.0 Å². The summed E-state index contributed by atoms with van der Waals surface area (Å²) in [6.07, 6.45) is -0.00462. The molecule has 0 aromatic rings. The zero-order valence-corrected chi connectivity index (χ0v) is 9.64. The average molecular weight is 244 g/mol. The molecule has 0 aromatic heterocycles. The first-order valence-corrected chi connectivity index (χ1v) is 5.33. The van der Waals surface area contributed by atoms with E-state index in [0.717, 1.165) is 0 Å². The first-order chi connectivity index (χ1) is 8.10. The number of nitrogens with one attached hydrogen (secondary N) is 1. The van der Waals surface area contributed by atoms with Gasteiger partial charge in [-0.15, -0.1) is 0 Å². The third-order valence-corrected chi connectivity index (χ3v) is 2.54. The number of rotatable bonds is 5. The summed E-state index contributed by atoms with van der Waals surface area (Å²) in [7, 11) is 0. The molecule has 1 aliphatic rings. The minimum Gasteiger partial charge on any atom is -0.356 e. The summed E-state index contributed by atoms with van der Waals surface area (Å²) in [5.74, 6) is 3.11. The standard InChI is InChI=1S/C9H16N4O4/c1-2-12-5-6-13(9(16)8(12)15)4-3-7(14)17-11-10/h11H,2-6,10H2,1H3. The molecule has 0 bridgehead atoms. The summed E-state index contributed by atoms with van der Waals surface area (Å²) in [6, 6.07) is 0. The van der Waals surface area contributed by atoms with Crippen molar-refractivity contribution in [3.63, 3.8) is 0 Å². The van der Waals surface area contributed by atoms with E-state index in [1.807, 2.05) is 6.92 Å². The molecule has 0 unspecified atom stereocenters. The van der Waals surface area contributed by atoms with Crippen molar-refractivity contribution in [3.8, 4) is 0 Å². The molecule has 8 nitrogen and oxygen atoms in total. The van der Waals surface area contributed by atoms with Crippen LogP contribution in [-0.2, 0) is 19.2 Å². The Morgan fingerprint density at radius 3 is 2.53 bits per heavy atom. The molecule has 1 rings (SSSR count). The van der Waals surface area contributed by atoms with Gasteiger partial charge in [0, 0.05) is 26.2 Å². The van der Waals surface area contributed by atoms with Gasteiger partial charge in [-0.1, -0.05) is 5.59 Å². The maximum absolute atomic E-state index is 11.6. The van der Waals surface area contributed by atoms with Crippen molar-refractivity contribution >= 4 is 17.8 Å². The second kappa shape index (κ2) is 6.16. The summed E-state index contributed by atoms with van der Waals surface area (Å²) in [4.78, 5) is 41.2. The van der Waals surface area contributed by atoms with E-state index in [1.54, 1.807) is 5.59 Å². The highest BCUT2D eigenvalue weighted by Crippen LogP contribution is 2.05. The first-order valence-electron chi connectivity index (χ1n) is 5.33. The summed E-state index contributed by atoms with van der Waals surface area (Å²) in [5.41, 5.74) is 1.76. The fraction of sp³-hybridized carbons (Fsp3) is 0.667. The first kappa shape index (κ1) is 13.4. The van der Waals surface area contributed by atoms with Gasteiger partial charge in [-0.3, -0.25) is 14.4 Å². The fourth-order valence-electron chi connectivity index (χ4n) is 1.57. The highest BCUT2D eigenvalue weighted by molar-refractivity contribution is 6.35. The largest absolute Gasteiger partial charge is 0.356 e. The summed E-state index contributed by atoms with van der Waals surface area (Å²) in [5, 5.41) is 0. The third-order valence-electron chi connectivity index (χ3n) is 2.54. The Hall–Kier alpha value is -1.67. The molecule has 1 fully saturated rings. The molecule has 1 saturated heterocycles. The van der Waals surface area contributed by atoms with Gasteiger partial charge in [0.05, 0.1) is 6.42 Å². The van der Waals surface area contributed by atoms with Gasteiger partial charge >= 0.3 is 17.8 Å². The predicted octanol–water partition coefficient (Wildman–Crippen LogP) is -2.01. The lowest BCUT2D eigenvalue weighted by atomic mass is 10.2. The summed E-state index contributed by atoms with van der Waals surface area (Å²) in [6.45, 7) is 3.40. The van der Waals surface area contributed by atoms with Crippen molar-refractivity contribution in [2.24, 2.45) is 5.84 Å². The highest BCUT2D eigenvalue weighted by atomic mass is 16.7. The molecule has 3 N–H and O–H groups in total. The van der Waals surface area contributed by atoms with Crippen LogP contribution in [-0.4, -0.2) is 53.8 Å². The Bertz CT molecular complexity index is 320. The van der Waals surface area contributed by atoms with Crippen LogP contribution in [0.5, 0.6) is 0 Å². The second-order valence-electron chi connectivity index (χ2n) is 3.52. The van der Waals surface area contributed by atoms with Crippen LogP contribution in [0.15, 0.2) is 0 Å². The Labute approximate surface area is 98.6 Å². The number of carbonyl (C=O) groups excluding carboxylic acids is 3. The van der Waals surface area contributed by atoms with Crippen molar-refractivity contribution in [3.05, 3.63) is 0 Å². The van der Waals surface area contributed by atoms with Crippen LogP contribution >= 0.6 is 0 Å². The Kier molecular flexibility index (Phi) is 4.85. The molecule has 17 heavy (non-hydrogen) atoms. The Morgan fingerprint density at radius 2 is 1.94 bits per heavy atom. The molecular weight excluding hydrogens is 228 g/mol. The lowest BCUT2D eigenvalue weighted by Crippen LogP contribution is -2.54. The van der Waals surface area contributed by atoms with Gasteiger partial charge in [0.15, 0.2) is 0 Å². The smallest absolute Gasteiger partial charge is 0.328 e. The number of hydrazine groups is 1. The van der Waals surface area contributed by atoms with Crippen molar-refractivity contribution in [1.82, 2.24) is 15.4 Å². The number of hydrogen-bond donors (Lipinski definition) is 2. The number of amides is 2. The van der Waals surface area contributed by atoms with Gasteiger partial charge in [0.25, 0.3) is 0 Å². The molecule has 0 saturated carbocycles. The van der Waals surface area contributed by atoms with E-state index in [4.69, 9.17) is 5.84 Å². The molecule has 1 aliphatic heterocycles. The van der Waals surface area contributed by atoms with Crippen molar-refractivity contribution in [2.45, 2.75) is 13.3 Å². The van der Waals surface area contributed by atoms with E-state index >= 15 is 0 Å². The minimum absolute atomic E-state index is 0.00462. The molecule has 0 aromatic carbocycles. The zero-order chi connectivity index (χ0) is 12.8. The quantitative estimate of drug-likeness (QED) is 0.329. The second-order valence-corrected chi connectivity index (χ2v) is 3.52. The normalized spacial score (nSPS) is 16.4. The van der Waals surface area contributed by atoms with Crippen LogP contribution in [0.4, 0.5) is 0 Å². The number of likely N-dealkylation sites (N-methyl/N-ethyl adjacent to an activating group) is 1. The van der Waals surface area contributed by atoms with Crippen molar-refractivity contribution in [2.75, 3.05) is 26.2 Å². The van der Waals surface area contributed by atoms with E-state index in [1.165, 1.54) is 9.80 Å². The van der Waals surface area contributed by atoms with Crippen LogP contribution in [0.3, 0.4) is 0 Å². The van der Waals surface area contributed by atoms with Gasteiger partial charge < -0.3 is 14.6 Å². The van der Waals surface area contributed by atoms with Crippen LogP contribution in [0.2, 0.25) is 0 Å². The predicted molar refractivity (Wildman–Crippen MR) is 56.9 cm³/mol. The van der Waals surface area contributed by atoms with Gasteiger partial charge in [-0.25, -0.2) is 5.84 Å². The number of nitrogens with two attached hydrogens (primary N) is 1. The van der Waals surface area contributed by atoms with E-state index in [2.05, 4.69) is 4.84 Å². The maximum atomic E-state index is 11.6. The van der Waals surface area contributed by atoms with Crippen LogP contribution < -0.4 is 11.4 Å². The molecular formula is C9H16N4O4. The van der Waals surface area contributed by atoms with Gasteiger partial charge in [-0.05, 0) is 6.92 Å². The lowest BCUT2D eigenvalue weighted by Gasteiger charge is -2.32. The highest BCUT2D eigenvalue weighted by Gasteiger charge is 2.31. The molecule has 0 atom stereocenters.